The van der Waals surface area contributed by atoms with Crippen LogP contribution in [0.2, 0.25) is 0 Å². The summed E-state index contributed by atoms with van der Waals surface area (Å²) < 4.78 is 0. The lowest BCUT2D eigenvalue weighted by atomic mass is 10.1. The molecule has 0 saturated heterocycles. The van der Waals surface area contributed by atoms with E-state index in [1.165, 1.54) is 5.56 Å². The van der Waals surface area contributed by atoms with Gasteiger partial charge in [-0.05, 0) is 38.5 Å². The van der Waals surface area contributed by atoms with Gasteiger partial charge in [0.15, 0.2) is 0 Å². The van der Waals surface area contributed by atoms with Gasteiger partial charge < -0.3 is 10.6 Å². The molecular formula is C17H21N3O. The molecule has 1 heterocycles. The molecular weight excluding hydrogens is 262 g/mol. The Labute approximate surface area is 125 Å². The molecule has 2 rings (SSSR count). The predicted molar refractivity (Wildman–Crippen MR) is 85.5 cm³/mol. The Kier molecular flexibility index (Phi) is 4.93. The van der Waals surface area contributed by atoms with Crippen molar-refractivity contribution in [2.24, 2.45) is 0 Å². The molecule has 1 aromatic carbocycles. The molecule has 1 amide bonds. The highest BCUT2D eigenvalue weighted by molar-refractivity contribution is 5.94. The number of nitrogens with one attached hydrogen (secondary N) is 2. The van der Waals surface area contributed by atoms with Gasteiger partial charge >= 0.3 is 0 Å². The molecule has 0 radical (unpaired) electrons. The summed E-state index contributed by atoms with van der Waals surface area (Å²) in [4.78, 5) is 16.6. The minimum absolute atomic E-state index is 0.0823. The Morgan fingerprint density at radius 2 is 2.00 bits per heavy atom. The van der Waals surface area contributed by atoms with Crippen LogP contribution < -0.4 is 10.6 Å². The molecule has 0 bridgehead atoms. The van der Waals surface area contributed by atoms with Gasteiger partial charge in [0.2, 0.25) is 0 Å². The number of amides is 1. The van der Waals surface area contributed by atoms with Gasteiger partial charge in [0.1, 0.15) is 5.82 Å². The van der Waals surface area contributed by atoms with Crippen molar-refractivity contribution in [2.75, 3.05) is 11.9 Å². The second-order valence-electron chi connectivity index (χ2n) is 5.08. The second-order valence-corrected chi connectivity index (χ2v) is 5.08. The number of carbonyl (C=O) groups excluding carboxylic acids is 1. The predicted octanol–water partition coefficient (Wildman–Crippen LogP) is 3.06. The monoisotopic (exact) mass is 283 g/mol. The van der Waals surface area contributed by atoms with E-state index in [0.717, 1.165) is 23.6 Å². The number of nitrogens with zero attached hydrogens (tertiary/aromatic N) is 1. The summed E-state index contributed by atoms with van der Waals surface area (Å²) in [5.41, 5.74) is 3.75. The summed E-state index contributed by atoms with van der Waals surface area (Å²) in [7, 11) is 0. The van der Waals surface area contributed by atoms with Crippen molar-refractivity contribution in [1.29, 1.82) is 0 Å². The van der Waals surface area contributed by atoms with Crippen LogP contribution in [0.25, 0.3) is 0 Å². The molecule has 2 N–H and O–H groups in total. The van der Waals surface area contributed by atoms with Gasteiger partial charge in [-0.25, -0.2) is 4.98 Å². The van der Waals surface area contributed by atoms with Crippen LogP contribution >= 0.6 is 0 Å². The first-order valence-corrected chi connectivity index (χ1v) is 7.15. The topological polar surface area (TPSA) is 54.0 Å². The van der Waals surface area contributed by atoms with Crippen LogP contribution in [0.5, 0.6) is 0 Å². The number of aromatic nitrogens is 1. The minimum atomic E-state index is -0.0823. The van der Waals surface area contributed by atoms with Crippen LogP contribution in [0.3, 0.4) is 0 Å². The molecule has 21 heavy (non-hydrogen) atoms. The zero-order chi connectivity index (χ0) is 15.2. The number of carbonyl (C=O) groups is 1. The smallest absolute Gasteiger partial charge is 0.251 e. The van der Waals surface area contributed by atoms with E-state index in [0.29, 0.717) is 12.1 Å². The maximum Gasteiger partial charge on any atom is 0.251 e. The number of aryl methyl sites for hydroxylation is 2. The lowest BCUT2D eigenvalue weighted by Gasteiger charge is -2.09. The van der Waals surface area contributed by atoms with Crippen molar-refractivity contribution < 1.29 is 4.79 Å². The van der Waals surface area contributed by atoms with Crippen LogP contribution in [-0.2, 0) is 6.54 Å². The third-order valence-corrected chi connectivity index (χ3v) is 3.11. The van der Waals surface area contributed by atoms with Crippen molar-refractivity contribution in [3.8, 4) is 0 Å². The van der Waals surface area contributed by atoms with Crippen LogP contribution in [0.1, 0.15) is 34.1 Å². The van der Waals surface area contributed by atoms with Crippen LogP contribution in [0.4, 0.5) is 5.82 Å². The van der Waals surface area contributed by atoms with Gasteiger partial charge in [-0.3, -0.25) is 4.79 Å². The van der Waals surface area contributed by atoms with E-state index < -0.39 is 0 Å². The Morgan fingerprint density at radius 3 is 2.71 bits per heavy atom. The number of rotatable bonds is 5. The molecule has 0 unspecified atom stereocenters. The van der Waals surface area contributed by atoms with Gasteiger partial charge in [0.05, 0.1) is 0 Å². The van der Waals surface area contributed by atoms with E-state index >= 15 is 0 Å². The SMILES string of the molecule is CCNc1cc(C(=O)NCc2cccc(C)c2)cc(C)n1. The Hall–Kier alpha value is -2.36. The lowest BCUT2D eigenvalue weighted by Crippen LogP contribution is -2.23. The fourth-order valence-electron chi connectivity index (χ4n) is 2.18. The number of hydrogen-bond donors (Lipinski definition) is 2. The number of benzene rings is 1. The van der Waals surface area contributed by atoms with Crippen molar-refractivity contribution in [1.82, 2.24) is 10.3 Å². The van der Waals surface area contributed by atoms with Gasteiger partial charge in [-0.1, -0.05) is 29.8 Å². The molecule has 4 heteroatoms. The molecule has 110 valence electrons. The van der Waals surface area contributed by atoms with Crippen LogP contribution in [0.15, 0.2) is 36.4 Å². The Morgan fingerprint density at radius 1 is 1.19 bits per heavy atom. The molecule has 0 saturated carbocycles. The first-order chi connectivity index (χ1) is 10.1. The summed E-state index contributed by atoms with van der Waals surface area (Å²) in [6.45, 7) is 7.24. The third kappa shape index (κ3) is 4.31. The standard InChI is InChI=1S/C17H21N3O/c1-4-18-16-10-15(9-13(3)20-16)17(21)19-11-14-7-5-6-12(2)8-14/h5-10H,4,11H2,1-3H3,(H,18,20)(H,19,21). The Bertz CT molecular complexity index is 638. The van der Waals surface area contributed by atoms with Gasteiger partial charge in [0.25, 0.3) is 5.91 Å². The molecule has 0 atom stereocenters. The van der Waals surface area contributed by atoms with Crippen molar-refractivity contribution in [3.05, 3.63) is 58.8 Å². The first-order valence-electron chi connectivity index (χ1n) is 7.15. The highest BCUT2D eigenvalue weighted by Gasteiger charge is 2.08. The molecule has 0 spiro atoms. The fourth-order valence-corrected chi connectivity index (χ4v) is 2.18. The van der Waals surface area contributed by atoms with Crippen molar-refractivity contribution >= 4 is 11.7 Å². The largest absolute Gasteiger partial charge is 0.370 e. The highest BCUT2D eigenvalue weighted by atomic mass is 16.1. The molecule has 0 aliphatic carbocycles. The van der Waals surface area contributed by atoms with E-state index in [2.05, 4.69) is 21.7 Å². The second kappa shape index (κ2) is 6.88. The molecule has 0 fully saturated rings. The van der Waals surface area contributed by atoms with Gasteiger partial charge in [-0.2, -0.15) is 0 Å². The van der Waals surface area contributed by atoms with Gasteiger partial charge in [0, 0.05) is 24.3 Å². The van der Waals surface area contributed by atoms with Crippen molar-refractivity contribution in [3.63, 3.8) is 0 Å². The summed E-state index contributed by atoms with van der Waals surface area (Å²) >= 11 is 0. The quantitative estimate of drug-likeness (QED) is 0.886. The number of anilines is 1. The van der Waals surface area contributed by atoms with Crippen LogP contribution in [0, 0.1) is 13.8 Å². The van der Waals surface area contributed by atoms with E-state index in [4.69, 9.17) is 0 Å². The van der Waals surface area contributed by atoms with E-state index in [-0.39, 0.29) is 5.91 Å². The van der Waals surface area contributed by atoms with E-state index in [1.807, 2.05) is 39.0 Å². The van der Waals surface area contributed by atoms with Crippen molar-refractivity contribution in [2.45, 2.75) is 27.3 Å². The molecule has 0 aliphatic heterocycles. The molecule has 1 aromatic heterocycles. The zero-order valence-electron chi connectivity index (χ0n) is 12.7. The number of hydrogen-bond acceptors (Lipinski definition) is 3. The average Bonchev–Trinajstić information content (AvgIpc) is 2.44. The van der Waals surface area contributed by atoms with Crippen LogP contribution in [-0.4, -0.2) is 17.4 Å². The summed E-state index contributed by atoms with van der Waals surface area (Å²) in [5, 5.41) is 6.08. The van der Waals surface area contributed by atoms with E-state index in [1.54, 1.807) is 12.1 Å². The summed E-state index contributed by atoms with van der Waals surface area (Å²) in [6.07, 6.45) is 0. The fraction of sp³-hybridized carbons (Fsp3) is 0.294. The molecule has 4 nitrogen and oxygen atoms in total. The normalized spacial score (nSPS) is 10.2. The highest BCUT2D eigenvalue weighted by Crippen LogP contribution is 2.10. The summed E-state index contributed by atoms with van der Waals surface area (Å²) in [6, 6.07) is 11.7. The maximum atomic E-state index is 12.2. The minimum Gasteiger partial charge on any atom is -0.370 e. The summed E-state index contributed by atoms with van der Waals surface area (Å²) in [5.74, 6) is 0.652. The third-order valence-electron chi connectivity index (χ3n) is 3.11. The maximum absolute atomic E-state index is 12.2. The Balaban J connectivity index is 2.06. The molecule has 2 aromatic rings. The number of pyridine rings is 1. The van der Waals surface area contributed by atoms with E-state index in [9.17, 15) is 4.79 Å². The average molecular weight is 283 g/mol. The zero-order valence-corrected chi connectivity index (χ0v) is 12.7. The molecule has 0 aliphatic rings. The lowest BCUT2D eigenvalue weighted by molar-refractivity contribution is 0.0950. The first kappa shape index (κ1) is 15.0. The van der Waals surface area contributed by atoms with Gasteiger partial charge in [-0.15, -0.1) is 0 Å².